The van der Waals surface area contributed by atoms with Gasteiger partial charge in [0, 0.05) is 18.7 Å². The number of hydrogen-bond acceptors (Lipinski definition) is 3. The van der Waals surface area contributed by atoms with Gasteiger partial charge in [-0.05, 0) is 32.1 Å². The number of pyridine rings is 1. The van der Waals surface area contributed by atoms with Crippen LogP contribution in [-0.2, 0) is 0 Å². The molecule has 0 amide bonds. The van der Waals surface area contributed by atoms with E-state index in [1.165, 1.54) is 0 Å². The van der Waals surface area contributed by atoms with Crippen molar-refractivity contribution in [1.29, 1.82) is 0 Å². The minimum atomic E-state index is -0.957. The summed E-state index contributed by atoms with van der Waals surface area (Å²) in [6.07, 6.45) is 2.79. The molecule has 5 nitrogen and oxygen atoms in total. The first-order valence-electron chi connectivity index (χ1n) is 6.15. The van der Waals surface area contributed by atoms with Crippen molar-refractivity contribution >= 4 is 23.1 Å². The van der Waals surface area contributed by atoms with E-state index in [1.54, 1.807) is 18.3 Å². The Morgan fingerprint density at radius 3 is 3.00 bits per heavy atom. The van der Waals surface area contributed by atoms with E-state index in [0.717, 1.165) is 25.3 Å². The second-order valence-corrected chi connectivity index (χ2v) is 5.34. The van der Waals surface area contributed by atoms with E-state index in [-0.39, 0.29) is 5.56 Å². The summed E-state index contributed by atoms with van der Waals surface area (Å²) in [5.41, 5.74) is 0.885. The number of halogens is 1. The van der Waals surface area contributed by atoms with Crippen LogP contribution in [-0.4, -0.2) is 45.5 Å². The molecule has 3 heterocycles. The largest absolute Gasteiger partial charge is 0.478 e. The molecule has 0 aliphatic carbocycles. The number of fused-ring (bicyclic) bond motifs is 1. The van der Waals surface area contributed by atoms with Crippen LogP contribution < -0.4 is 0 Å². The molecule has 100 valence electrons. The normalized spacial score (nSPS) is 20.2. The first kappa shape index (κ1) is 12.4. The van der Waals surface area contributed by atoms with Gasteiger partial charge in [-0.3, -0.25) is 0 Å². The number of likely N-dealkylation sites (N-methyl/N-ethyl adjacent to an activating group) is 1. The van der Waals surface area contributed by atoms with Crippen molar-refractivity contribution in [1.82, 2.24) is 14.3 Å². The summed E-state index contributed by atoms with van der Waals surface area (Å²) < 4.78 is 1.90. The Labute approximate surface area is 115 Å². The number of carboxylic acids is 1. The Morgan fingerprint density at radius 2 is 2.37 bits per heavy atom. The third-order valence-corrected chi connectivity index (χ3v) is 3.91. The first-order chi connectivity index (χ1) is 9.06. The molecule has 2 aromatic heterocycles. The fraction of sp³-hybridized carbons (Fsp3) is 0.385. The van der Waals surface area contributed by atoms with Crippen molar-refractivity contribution < 1.29 is 9.90 Å². The SMILES string of the molecule is CN1CCC(c2nc(Cl)c3cc(C(=O)O)ccn23)C1. The zero-order chi connectivity index (χ0) is 13.6. The van der Waals surface area contributed by atoms with Gasteiger partial charge in [-0.2, -0.15) is 0 Å². The van der Waals surface area contributed by atoms with Crippen LogP contribution in [0.3, 0.4) is 0 Å². The van der Waals surface area contributed by atoms with Crippen LogP contribution in [0.1, 0.15) is 28.5 Å². The second kappa shape index (κ2) is 4.51. The van der Waals surface area contributed by atoms with Gasteiger partial charge in [-0.15, -0.1) is 0 Å². The van der Waals surface area contributed by atoms with Gasteiger partial charge < -0.3 is 14.4 Å². The molecular formula is C13H14ClN3O2. The standard InChI is InChI=1S/C13H14ClN3O2/c1-16-4-2-9(7-16)12-15-11(14)10-6-8(13(18)19)3-5-17(10)12/h3,5-6,9H,2,4,7H2,1H3,(H,18,19). The molecule has 1 N–H and O–H groups in total. The van der Waals surface area contributed by atoms with Crippen LogP contribution in [0.25, 0.3) is 5.52 Å². The molecule has 0 spiro atoms. The lowest BCUT2D eigenvalue weighted by Crippen LogP contribution is -2.14. The maximum atomic E-state index is 11.0. The Balaban J connectivity index is 2.09. The number of hydrogen-bond donors (Lipinski definition) is 1. The van der Waals surface area contributed by atoms with Crippen LogP contribution in [0.5, 0.6) is 0 Å². The van der Waals surface area contributed by atoms with Crippen molar-refractivity contribution in [2.45, 2.75) is 12.3 Å². The van der Waals surface area contributed by atoms with E-state index >= 15 is 0 Å². The number of carboxylic acid groups (broad SMARTS) is 1. The van der Waals surface area contributed by atoms with Gasteiger partial charge in [-0.1, -0.05) is 11.6 Å². The number of aromatic nitrogens is 2. The van der Waals surface area contributed by atoms with E-state index in [4.69, 9.17) is 16.7 Å². The van der Waals surface area contributed by atoms with E-state index in [1.807, 2.05) is 4.40 Å². The van der Waals surface area contributed by atoms with Gasteiger partial charge in [0.25, 0.3) is 0 Å². The molecule has 1 fully saturated rings. The molecule has 6 heteroatoms. The summed E-state index contributed by atoms with van der Waals surface area (Å²) >= 11 is 6.13. The van der Waals surface area contributed by atoms with Crippen LogP contribution >= 0.6 is 11.6 Å². The van der Waals surface area contributed by atoms with Crippen molar-refractivity contribution in [3.8, 4) is 0 Å². The molecule has 1 aliphatic heterocycles. The summed E-state index contributed by atoms with van der Waals surface area (Å²) in [4.78, 5) is 17.7. The third-order valence-electron chi connectivity index (χ3n) is 3.63. The van der Waals surface area contributed by atoms with Crippen molar-refractivity contribution in [2.24, 2.45) is 0 Å². The molecule has 3 rings (SSSR count). The van der Waals surface area contributed by atoms with Crippen LogP contribution in [0.2, 0.25) is 5.15 Å². The second-order valence-electron chi connectivity index (χ2n) is 4.98. The monoisotopic (exact) mass is 279 g/mol. The average molecular weight is 280 g/mol. The highest BCUT2D eigenvalue weighted by atomic mass is 35.5. The molecule has 1 unspecified atom stereocenters. The van der Waals surface area contributed by atoms with Crippen molar-refractivity contribution in [2.75, 3.05) is 20.1 Å². The van der Waals surface area contributed by atoms with Gasteiger partial charge in [0.05, 0.1) is 11.1 Å². The smallest absolute Gasteiger partial charge is 0.335 e. The van der Waals surface area contributed by atoms with Gasteiger partial charge in [0.1, 0.15) is 5.82 Å². The lowest BCUT2D eigenvalue weighted by atomic mass is 10.1. The predicted molar refractivity (Wildman–Crippen MR) is 72.0 cm³/mol. The summed E-state index contributed by atoms with van der Waals surface area (Å²) in [7, 11) is 2.08. The van der Waals surface area contributed by atoms with Crippen molar-refractivity contribution in [3.05, 3.63) is 34.9 Å². The number of imidazole rings is 1. The zero-order valence-electron chi connectivity index (χ0n) is 10.5. The number of aromatic carboxylic acids is 1. The van der Waals surface area contributed by atoms with Crippen molar-refractivity contribution in [3.63, 3.8) is 0 Å². The number of nitrogens with zero attached hydrogens (tertiary/aromatic N) is 3. The number of carbonyl (C=O) groups is 1. The molecule has 2 aromatic rings. The summed E-state index contributed by atoms with van der Waals surface area (Å²) in [5.74, 6) is 0.309. The number of likely N-dealkylation sites (tertiary alicyclic amines) is 1. The first-order valence-corrected chi connectivity index (χ1v) is 6.53. The maximum absolute atomic E-state index is 11.0. The quantitative estimate of drug-likeness (QED) is 0.915. The minimum Gasteiger partial charge on any atom is -0.478 e. The fourth-order valence-corrected chi connectivity index (χ4v) is 2.87. The summed E-state index contributed by atoms with van der Waals surface area (Å²) in [6, 6.07) is 3.15. The lowest BCUT2D eigenvalue weighted by Gasteiger charge is -2.09. The Morgan fingerprint density at radius 1 is 1.58 bits per heavy atom. The molecule has 0 saturated carbocycles. The van der Waals surface area contributed by atoms with Crippen LogP contribution in [0, 0.1) is 0 Å². The maximum Gasteiger partial charge on any atom is 0.335 e. The Hall–Kier alpha value is -1.59. The molecule has 1 saturated heterocycles. The highest BCUT2D eigenvalue weighted by molar-refractivity contribution is 6.32. The zero-order valence-corrected chi connectivity index (χ0v) is 11.3. The van der Waals surface area contributed by atoms with Gasteiger partial charge in [0.15, 0.2) is 5.15 Å². The average Bonchev–Trinajstić information content (AvgIpc) is 2.94. The van der Waals surface area contributed by atoms with E-state index in [2.05, 4.69) is 16.9 Å². The Kier molecular flexibility index (Phi) is 2.95. The molecule has 1 atom stereocenters. The van der Waals surface area contributed by atoms with Gasteiger partial charge in [-0.25, -0.2) is 9.78 Å². The van der Waals surface area contributed by atoms with Crippen LogP contribution in [0.4, 0.5) is 0 Å². The highest BCUT2D eigenvalue weighted by Gasteiger charge is 2.26. The van der Waals surface area contributed by atoms with Gasteiger partial charge in [0.2, 0.25) is 0 Å². The fourth-order valence-electron chi connectivity index (χ4n) is 2.64. The highest BCUT2D eigenvalue weighted by Crippen LogP contribution is 2.29. The van der Waals surface area contributed by atoms with E-state index in [0.29, 0.717) is 16.6 Å². The van der Waals surface area contributed by atoms with E-state index in [9.17, 15) is 4.79 Å². The molecular weight excluding hydrogens is 266 g/mol. The van der Waals surface area contributed by atoms with Gasteiger partial charge >= 0.3 is 5.97 Å². The molecule has 19 heavy (non-hydrogen) atoms. The predicted octanol–water partition coefficient (Wildman–Crippen LogP) is 2.10. The summed E-state index contributed by atoms with van der Waals surface area (Å²) in [5, 5.41) is 9.38. The minimum absolute atomic E-state index is 0.226. The molecule has 0 bridgehead atoms. The van der Waals surface area contributed by atoms with E-state index < -0.39 is 5.97 Å². The third kappa shape index (κ3) is 2.09. The Bertz CT molecular complexity index is 653. The molecule has 0 radical (unpaired) electrons. The molecule has 1 aliphatic rings. The topological polar surface area (TPSA) is 57.8 Å². The lowest BCUT2D eigenvalue weighted by molar-refractivity contribution is 0.0697. The van der Waals surface area contributed by atoms with Crippen LogP contribution in [0.15, 0.2) is 18.3 Å². The summed E-state index contributed by atoms with van der Waals surface area (Å²) in [6.45, 7) is 2.00. The number of rotatable bonds is 2. The molecule has 0 aromatic carbocycles.